The van der Waals surface area contributed by atoms with Gasteiger partial charge in [-0.2, -0.15) is 0 Å². The number of aromatic nitrogens is 1. The number of nitrogens with one attached hydrogen (secondary N) is 1. The van der Waals surface area contributed by atoms with Gasteiger partial charge in [-0.1, -0.05) is 6.92 Å². The summed E-state index contributed by atoms with van der Waals surface area (Å²) in [6.45, 7) is 4.61. The van der Waals surface area contributed by atoms with Crippen molar-refractivity contribution in [1.29, 1.82) is 0 Å². The van der Waals surface area contributed by atoms with E-state index in [1.165, 1.54) is 12.8 Å². The van der Waals surface area contributed by atoms with Gasteiger partial charge in [-0.25, -0.2) is 4.98 Å². The van der Waals surface area contributed by atoms with E-state index < -0.39 is 0 Å². The molecule has 0 aliphatic heterocycles. The van der Waals surface area contributed by atoms with Crippen molar-refractivity contribution in [2.24, 2.45) is 5.41 Å². The maximum Gasteiger partial charge on any atom is 0.151 e. The van der Waals surface area contributed by atoms with E-state index in [2.05, 4.69) is 30.2 Å². The third kappa shape index (κ3) is 2.13. The van der Waals surface area contributed by atoms with Gasteiger partial charge in [0.2, 0.25) is 0 Å². The highest BCUT2D eigenvalue weighted by molar-refractivity contribution is 5.65. The first-order chi connectivity index (χ1) is 7.53. The van der Waals surface area contributed by atoms with Gasteiger partial charge in [-0.15, -0.1) is 0 Å². The van der Waals surface area contributed by atoms with Gasteiger partial charge in [0.1, 0.15) is 0 Å². The van der Waals surface area contributed by atoms with Crippen molar-refractivity contribution in [3.05, 3.63) is 18.3 Å². The molecule has 3 heteroatoms. The Kier molecular flexibility index (Phi) is 2.78. The van der Waals surface area contributed by atoms with Crippen LogP contribution in [0.25, 0.3) is 0 Å². The van der Waals surface area contributed by atoms with Gasteiger partial charge in [-0.05, 0) is 37.3 Å². The van der Waals surface area contributed by atoms with Gasteiger partial charge in [0.05, 0.1) is 5.69 Å². The highest BCUT2D eigenvalue weighted by Crippen LogP contribution is 2.49. The molecule has 1 heterocycles. The lowest BCUT2D eigenvalue weighted by molar-refractivity contribution is 0.493. The Morgan fingerprint density at radius 1 is 1.44 bits per heavy atom. The zero-order valence-electron chi connectivity index (χ0n) is 10.6. The summed E-state index contributed by atoms with van der Waals surface area (Å²) in [6.07, 6.45) is 4.50. The number of hydrogen-bond donors (Lipinski definition) is 1. The summed E-state index contributed by atoms with van der Waals surface area (Å²) in [6, 6.07) is 4.59. The molecule has 0 aromatic carbocycles. The van der Waals surface area contributed by atoms with Gasteiger partial charge in [0.15, 0.2) is 5.82 Å². The standard InChI is InChI=1S/C13H21N3/c1-10(13(2)7-8-13)15-11-6-5-9-14-12(11)16(3)4/h5-6,9-10,15H,7-8H2,1-4H3. The smallest absolute Gasteiger partial charge is 0.151 e. The maximum absolute atomic E-state index is 4.40. The molecule has 1 N–H and O–H groups in total. The highest BCUT2D eigenvalue weighted by atomic mass is 15.2. The van der Waals surface area contributed by atoms with Crippen LogP contribution >= 0.6 is 0 Å². The van der Waals surface area contributed by atoms with Crippen LogP contribution < -0.4 is 10.2 Å². The molecule has 1 fully saturated rings. The van der Waals surface area contributed by atoms with Crippen molar-refractivity contribution in [1.82, 2.24) is 4.98 Å². The Morgan fingerprint density at radius 3 is 2.69 bits per heavy atom. The van der Waals surface area contributed by atoms with Gasteiger partial charge in [0.25, 0.3) is 0 Å². The Hall–Kier alpha value is -1.25. The second kappa shape index (κ2) is 3.96. The van der Waals surface area contributed by atoms with Crippen molar-refractivity contribution in [3.8, 4) is 0 Å². The molecule has 1 unspecified atom stereocenters. The third-order valence-corrected chi connectivity index (χ3v) is 3.67. The molecule has 0 saturated heterocycles. The molecule has 0 radical (unpaired) electrons. The highest BCUT2D eigenvalue weighted by Gasteiger charge is 2.42. The molecule has 1 aromatic heterocycles. The molecule has 0 amide bonds. The molecule has 3 nitrogen and oxygen atoms in total. The second-order valence-electron chi connectivity index (χ2n) is 5.29. The van der Waals surface area contributed by atoms with Crippen LogP contribution in [0.15, 0.2) is 18.3 Å². The molecule has 1 aliphatic rings. The predicted octanol–water partition coefficient (Wildman–Crippen LogP) is 2.75. The third-order valence-electron chi connectivity index (χ3n) is 3.67. The summed E-state index contributed by atoms with van der Waals surface area (Å²) >= 11 is 0. The topological polar surface area (TPSA) is 28.2 Å². The molecule has 0 bridgehead atoms. The monoisotopic (exact) mass is 219 g/mol. The number of anilines is 2. The molecule has 88 valence electrons. The van der Waals surface area contributed by atoms with Crippen LogP contribution in [0.1, 0.15) is 26.7 Å². The normalized spacial score (nSPS) is 19.0. The lowest BCUT2D eigenvalue weighted by atomic mass is 10.0. The molecule has 16 heavy (non-hydrogen) atoms. The van der Waals surface area contributed by atoms with Crippen molar-refractivity contribution in [2.45, 2.75) is 32.7 Å². The van der Waals surface area contributed by atoms with E-state index in [-0.39, 0.29) is 0 Å². The molecule has 2 rings (SSSR count). The Morgan fingerprint density at radius 2 is 2.12 bits per heavy atom. The van der Waals surface area contributed by atoms with Gasteiger partial charge in [-0.3, -0.25) is 0 Å². The lowest BCUT2D eigenvalue weighted by Gasteiger charge is -2.24. The Balaban J connectivity index is 2.14. The van der Waals surface area contributed by atoms with E-state index >= 15 is 0 Å². The molecule has 1 atom stereocenters. The number of rotatable bonds is 4. The van der Waals surface area contributed by atoms with Gasteiger partial charge >= 0.3 is 0 Å². The Labute approximate surface area is 97.9 Å². The number of nitrogens with zero attached hydrogens (tertiary/aromatic N) is 2. The van der Waals surface area contributed by atoms with Crippen LogP contribution in [0.2, 0.25) is 0 Å². The first kappa shape index (κ1) is 11.2. The quantitative estimate of drug-likeness (QED) is 0.844. The van der Waals surface area contributed by atoms with Crippen LogP contribution in [0.5, 0.6) is 0 Å². The van der Waals surface area contributed by atoms with Gasteiger partial charge < -0.3 is 10.2 Å². The van der Waals surface area contributed by atoms with Crippen LogP contribution in [0.4, 0.5) is 11.5 Å². The van der Waals surface area contributed by atoms with Crippen LogP contribution in [-0.4, -0.2) is 25.1 Å². The molecule has 1 saturated carbocycles. The fourth-order valence-corrected chi connectivity index (χ4v) is 1.90. The molecular formula is C13H21N3. The molecule has 1 aliphatic carbocycles. The summed E-state index contributed by atoms with van der Waals surface area (Å²) < 4.78 is 0. The van der Waals surface area contributed by atoms with Gasteiger partial charge in [0, 0.05) is 26.3 Å². The summed E-state index contributed by atoms with van der Waals surface area (Å²) in [5.41, 5.74) is 1.62. The van der Waals surface area contributed by atoms with E-state index in [0.717, 1.165) is 11.5 Å². The van der Waals surface area contributed by atoms with Crippen molar-refractivity contribution < 1.29 is 0 Å². The average Bonchev–Trinajstić information content (AvgIpc) is 2.98. The first-order valence-electron chi connectivity index (χ1n) is 5.92. The summed E-state index contributed by atoms with van der Waals surface area (Å²) in [5.74, 6) is 1.01. The van der Waals surface area contributed by atoms with Crippen molar-refractivity contribution >= 4 is 11.5 Å². The molecular weight excluding hydrogens is 198 g/mol. The average molecular weight is 219 g/mol. The minimum atomic E-state index is 0.486. The zero-order valence-corrected chi connectivity index (χ0v) is 10.6. The van der Waals surface area contributed by atoms with Crippen molar-refractivity contribution in [3.63, 3.8) is 0 Å². The fraction of sp³-hybridized carbons (Fsp3) is 0.615. The molecule has 0 spiro atoms. The van der Waals surface area contributed by atoms with E-state index in [1.54, 1.807) is 0 Å². The number of hydrogen-bond acceptors (Lipinski definition) is 3. The lowest BCUT2D eigenvalue weighted by Crippen LogP contribution is -2.26. The summed E-state index contributed by atoms with van der Waals surface area (Å²) in [5, 5.41) is 3.59. The largest absolute Gasteiger partial charge is 0.379 e. The van der Waals surface area contributed by atoms with E-state index in [9.17, 15) is 0 Å². The summed E-state index contributed by atoms with van der Waals surface area (Å²) in [4.78, 5) is 6.44. The summed E-state index contributed by atoms with van der Waals surface area (Å²) in [7, 11) is 4.05. The SMILES string of the molecule is CC(Nc1cccnc1N(C)C)C1(C)CC1. The van der Waals surface area contributed by atoms with Crippen LogP contribution in [-0.2, 0) is 0 Å². The fourth-order valence-electron chi connectivity index (χ4n) is 1.90. The molecule has 1 aromatic rings. The zero-order chi connectivity index (χ0) is 11.8. The first-order valence-corrected chi connectivity index (χ1v) is 5.92. The van der Waals surface area contributed by atoms with Crippen LogP contribution in [0, 0.1) is 5.41 Å². The van der Waals surface area contributed by atoms with E-state index in [1.807, 2.05) is 31.3 Å². The second-order valence-corrected chi connectivity index (χ2v) is 5.29. The number of pyridine rings is 1. The Bertz CT molecular complexity index is 369. The minimum absolute atomic E-state index is 0.486. The van der Waals surface area contributed by atoms with E-state index in [0.29, 0.717) is 11.5 Å². The maximum atomic E-state index is 4.40. The van der Waals surface area contributed by atoms with Crippen LogP contribution in [0.3, 0.4) is 0 Å². The van der Waals surface area contributed by atoms with Crippen molar-refractivity contribution in [2.75, 3.05) is 24.3 Å². The predicted molar refractivity (Wildman–Crippen MR) is 69.0 cm³/mol. The minimum Gasteiger partial charge on any atom is -0.379 e. The van der Waals surface area contributed by atoms with E-state index in [4.69, 9.17) is 0 Å².